The van der Waals surface area contributed by atoms with Crippen molar-refractivity contribution in [2.45, 2.75) is 24.3 Å². The molecule has 0 amide bonds. The van der Waals surface area contributed by atoms with Crippen molar-refractivity contribution in [1.29, 1.82) is 0 Å². The first-order valence-corrected chi connectivity index (χ1v) is 13.1. The lowest BCUT2D eigenvalue weighted by Gasteiger charge is -2.22. The number of hydrogen-bond acceptors (Lipinski definition) is 7. The molecule has 0 atom stereocenters. The third-order valence-corrected chi connectivity index (χ3v) is 7.43. The number of methoxy groups -OCH3 is 2. The zero-order valence-electron chi connectivity index (χ0n) is 20.3. The molecule has 0 aliphatic carbocycles. The van der Waals surface area contributed by atoms with Crippen LogP contribution in [0.4, 0.5) is 5.69 Å². The smallest absolute Gasteiger partial charge is 0.240 e. The van der Waals surface area contributed by atoms with Crippen LogP contribution in [0.2, 0.25) is 0 Å². The van der Waals surface area contributed by atoms with Gasteiger partial charge in [0.25, 0.3) is 0 Å². The molecular formula is C27H29N3O5S. The first-order valence-electron chi connectivity index (χ1n) is 11.6. The van der Waals surface area contributed by atoms with Gasteiger partial charge in [-0.3, -0.25) is 9.78 Å². The number of sulfonamides is 1. The zero-order valence-corrected chi connectivity index (χ0v) is 21.1. The summed E-state index contributed by atoms with van der Waals surface area (Å²) >= 11 is 0. The van der Waals surface area contributed by atoms with E-state index in [-0.39, 0.29) is 17.2 Å². The Morgan fingerprint density at radius 2 is 1.75 bits per heavy atom. The van der Waals surface area contributed by atoms with Gasteiger partial charge < -0.3 is 14.4 Å². The molecule has 0 radical (unpaired) electrons. The van der Waals surface area contributed by atoms with Gasteiger partial charge >= 0.3 is 0 Å². The number of pyridine rings is 1. The Hall–Kier alpha value is -3.69. The predicted octanol–water partition coefficient (Wildman–Crippen LogP) is 4.07. The quantitative estimate of drug-likeness (QED) is 0.326. The van der Waals surface area contributed by atoms with Gasteiger partial charge in [0.1, 0.15) is 11.5 Å². The average Bonchev–Trinajstić information content (AvgIpc) is 3.46. The second kappa shape index (κ2) is 11.4. The number of benzene rings is 2. The highest BCUT2D eigenvalue weighted by Crippen LogP contribution is 2.37. The van der Waals surface area contributed by atoms with Crippen LogP contribution >= 0.6 is 0 Å². The maximum absolute atomic E-state index is 12.8. The summed E-state index contributed by atoms with van der Waals surface area (Å²) < 4.78 is 38.8. The molecule has 9 heteroatoms. The second-order valence-electron chi connectivity index (χ2n) is 8.33. The minimum atomic E-state index is -3.74. The molecule has 1 saturated heterocycles. The Kier molecular flexibility index (Phi) is 8.02. The molecule has 2 aromatic carbocycles. The van der Waals surface area contributed by atoms with Crippen molar-refractivity contribution in [1.82, 2.24) is 9.71 Å². The van der Waals surface area contributed by atoms with E-state index in [9.17, 15) is 13.2 Å². The van der Waals surface area contributed by atoms with Gasteiger partial charge in [-0.2, -0.15) is 0 Å². The van der Waals surface area contributed by atoms with Crippen molar-refractivity contribution in [2.24, 2.45) is 0 Å². The second-order valence-corrected chi connectivity index (χ2v) is 10.1. The number of carbonyl (C=O) groups is 1. The molecule has 1 aliphatic heterocycles. The van der Waals surface area contributed by atoms with E-state index in [2.05, 4.69) is 14.6 Å². The van der Waals surface area contributed by atoms with Crippen LogP contribution in [0.3, 0.4) is 0 Å². The molecule has 0 spiro atoms. The van der Waals surface area contributed by atoms with Gasteiger partial charge in [-0.25, -0.2) is 13.1 Å². The van der Waals surface area contributed by atoms with Crippen LogP contribution in [0.1, 0.15) is 34.5 Å². The number of nitrogens with one attached hydrogen (secondary N) is 1. The summed E-state index contributed by atoms with van der Waals surface area (Å²) in [6, 6.07) is 14.9. The van der Waals surface area contributed by atoms with E-state index >= 15 is 0 Å². The number of nitrogens with zero attached hydrogens (tertiary/aromatic N) is 2. The van der Waals surface area contributed by atoms with Gasteiger partial charge in [-0.05, 0) is 67.5 Å². The van der Waals surface area contributed by atoms with Crippen molar-refractivity contribution in [3.63, 3.8) is 0 Å². The number of ether oxygens (including phenoxy) is 2. The van der Waals surface area contributed by atoms with Crippen LogP contribution in [0.5, 0.6) is 11.5 Å². The van der Waals surface area contributed by atoms with Gasteiger partial charge in [0.05, 0.1) is 37.0 Å². The van der Waals surface area contributed by atoms with E-state index < -0.39 is 10.0 Å². The SMILES string of the molecule is COc1cc(OC)c(N2CCCC2)cc1C=CC(=O)c1ccc(S(=O)(=O)NCc2ccccn2)cc1. The molecule has 1 fully saturated rings. The molecule has 1 N–H and O–H groups in total. The summed E-state index contributed by atoms with van der Waals surface area (Å²) in [6.07, 6.45) is 7.03. The highest BCUT2D eigenvalue weighted by molar-refractivity contribution is 7.89. The molecule has 188 valence electrons. The lowest BCUT2D eigenvalue weighted by molar-refractivity contribution is 0.104. The fraction of sp³-hybridized carbons (Fsp3) is 0.259. The van der Waals surface area contributed by atoms with E-state index in [4.69, 9.17) is 9.47 Å². The third kappa shape index (κ3) is 5.92. The molecule has 1 aromatic heterocycles. The van der Waals surface area contributed by atoms with Gasteiger partial charge in [0.15, 0.2) is 5.78 Å². The Balaban J connectivity index is 1.49. The van der Waals surface area contributed by atoms with Crippen LogP contribution in [-0.4, -0.2) is 46.5 Å². The number of ketones is 1. The summed E-state index contributed by atoms with van der Waals surface area (Å²) in [5, 5.41) is 0. The number of aromatic nitrogens is 1. The van der Waals surface area contributed by atoms with E-state index in [0.29, 0.717) is 17.0 Å². The highest BCUT2D eigenvalue weighted by Gasteiger charge is 2.19. The predicted molar refractivity (Wildman–Crippen MR) is 139 cm³/mol. The highest BCUT2D eigenvalue weighted by atomic mass is 32.2. The maximum atomic E-state index is 12.8. The Morgan fingerprint density at radius 3 is 2.39 bits per heavy atom. The summed E-state index contributed by atoms with van der Waals surface area (Å²) in [5.74, 6) is 1.07. The summed E-state index contributed by atoms with van der Waals surface area (Å²) in [7, 11) is -0.533. The fourth-order valence-corrected chi connectivity index (χ4v) is 5.06. The summed E-state index contributed by atoms with van der Waals surface area (Å²) in [6.45, 7) is 1.99. The van der Waals surface area contributed by atoms with Crippen molar-refractivity contribution < 1.29 is 22.7 Å². The van der Waals surface area contributed by atoms with Crippen LogP contribution in [-0.2, 0) is 16.6 Å². The van der Waals surface area contributed by atoms with Crippen molar-refractivity contribution >= 4 is 27.6 Å². The molecule has 36 heavy (non-hydrogen) atoms. The van der Waals surface area contributed by atoms with Crippen LogP contribution in [0.25, 0.3) is 6.08 Å². The van der Waals surface area contributed by atoms with Crippen LogP contribution < -0.4 is 19.1 Å². The minimum Gasteiger partial charge on any atom is -0.496 e. The average molecular weight is 508 g/mol. The molecule has 2 heterocycles. The van der Waals surface area contributed by atoms with Crippen LogP contribution in [0, 0.1) is 0 Å². The number of anilines is 1. The lowest BCUT2D eigenvalue weighted by atomic mass is 10.1. The third-order valence-electron chi connectivity index (χ3n) is 6.01. The number of rotatable bonds is 10. The van der Waals surface area contributed by atoms with E-state index in [1.807, 2.05) is 12.1 Å². The molecule has 3 aromatic rings. The molecule has 0 unspecified atom stereocenters. The molecular weight excluding hydrogens is 478 g/mol. The van der Waals surface area contributed by atoms with Gasteiger partial charge in [-0.1, -0.05) is 6.07 Å². The molecule has 8 nitrogen and oxygen atoms in total. The van der Waals surface area contributed by atoms with Crippen molar-refractivity contribution in [3.8, 4) is 11.5 Å². The minimum absolute atomic E-state index is 0.0750. The van der Waals surface area contributed by atoms with Gasteiger partial charge in [0, 0.05) is 36.5 Å². The first kappa shape index (κ1) is 25.4. The molecule has 0 bridgehead atoms. The number of carbonyl (C=O) groups excluding carboxylic acids is 1. The topological polar surface area (TPSA) is 97.8 Å². The Labute approximate surface area is 211 Å². The number of allylic oxidation sites excluding steroid dienone is 1. The molecule has 0 saturated carbocycles. The maximum Gasteiger partial charge on any atom is 0.240 e. The normalized spacial score (nSPS) is 13.8. The standard InChI is InChI=1S/C27H29N3O5S/c1-34-26-18-27(35-2)24(30-15-5-6-16-30)17-21(26)10-13-25(31)20-8-11-23(12-9-20)36(32,33)29-19-22-7-3-4-14-28-22/h3-4,7-14,17-18,29H,5-6,15-16,19H2,1-2H3. The van der Waals surface area contributed by atoms with E-state index in [1.165, 1.54) is 30.3 Å². The van der Waals surface area contributed by atoms with Crippen molar-refractivity contribution in [2.75, 3.05) is 32.2 Å². The summed E-state index contributed by atoms with van der Waals surface area (Å²) in [5.41, 5.74) is 2.71. The van der Waals surface area contributed by atoms with Crippen molar-refractivity contribution in [3.05, 3.63) is 83.7 Å². The zero-order chi connectivity index (χ0) is 25.5. The van der Waals surface area contributed by atoms with E-state index in [0.717, 1.165) is 42.9 Å². The number of hydrogen-bond donors (Lipinski definition) is 1. The van der Waals surface area contributed by atoms with E-state index in [1.54, 1.807) is 44.7 Å². The van der Waals surface area contributed by atoms with Crippen LogP contribution in [0.15, 0.2) is 71.8 Å². The first-order chi connectivity index (χ1) is 17.4. The Morgan fingerprint density at radius 1 is 1.03 bits per heavy atom. The fourth-order valence-electron chi connectivity index (χ4n) is 4.06. The van der Waals surface area contributed by atoms with Gasteiger partial charge in [-0.15, -0.1) is 0 Å². The molecule has 1 aliphatic rings. The monoisotopic (exact) mass is 507 g/mol. The molecule has 4 rings (SSSR count). The van der Waals surface area contributed by atoms with Gasteiger partial charge in [0.2, 0.25) is 10.0 Å². The summed E-state index contributed by atoms with van der Waals surface area (Å²) in [4.78, 5) is 19.3. The Bertz CT molecular complexity index is 1330. The lowest BCUT2D eigenvalue weighted by Crippen LogP contribution is -2.23. The largest absolute Gasteiger partial charge is 0.496 e.